The molecule has 5 aromatic rings. The molecule has 8 nitrogen and oxygen atoms in total. The van der Waals surface area contributed by atoms with Gasteiger partial charge in [0.1, 0.15) is 17.2 Å². The van der Waals surface area contributed by atoms with Gasteiger partial charge in [0.05, 0.1) is 31.8 Å². The van der Waals surface area contributed by atoms with E-state index in [1.54, 1.807) is 35.3 Å². The van der Waals surface area contributed by atoms with Crippen molar-refractivity contribution in [1.82, 2.24) is 19.7 Å². The van der Waals surface area contributed by atoms with Crippen LogP contribution in [0.3, 0.4) is 0 Å². The van der Waals surface area contributed by atoms with E-state index in [1.807, 2.05) is 30.6 Å². The highest BCUT2D eigenvalue weighted by Gasteiger charge is 2.14. The number of aromatic amines is 1. The maximum Gasteiger partial charge on any atom is 0.229 e. The Balaban J connectivity index is 1.47. The third kappa shape index (κ3) is 4.87. The Kier molecular flexibility index (Phi) is 5.73. The second-order valence-electron chi connectivity index (χ2n) is 8.17. The van der Waals surface area contributed by atoms with Crippen LogP contribution < -0.4 is 9.46 Å². The number of benzene rings is 2. The lowest BCUT2D eigenvalue weighted by Gasteiger charge is -2.12. The number of H-pyrrole nitrogens is 1. The fourth-order valence-electron chi connectivity index (χ4n) is 3.97. The van der Waals surface area contributed by atoms with E-state index in [4.69, 9.17) is 4.74 Å². The van der Waals surface area contributed by atoms with E-state index in [-0.39, 0.29) is 5.82 Å². The van der Waals surface area contributed by atoms with Crippen molar-refractivity contribution >= 4 is 26.7 Å². The van der Waals surface area contributed by atoms with Crippen LogP contribution in [0.1, 0.15) is 5.56 Å². The molecule has 178 valence electrons. The van der Waals surface area contributed by atoms with Gasteiger partial charge in [-0.2, -0.15) is 5.10 Å². The Hall–Kier alpha value is -4.18. The Morgan fingerprint density at radius 3 is 2.71 bits per heavy atom. The van der Waals surface area contributed by atoms with Crippen molar-refractivity contribution in [2.45, 2.75) is 6.54 Å². The fourth-order valence-corrected chi connectivity index (χ4v) is 4.53. The lowest BCUT2D eigenvalue weighted by atomic mass is 10.0. The number of hydrogen-bond acceptors (Lipinski definition) is 5. The predicted molar refractivity (Wildman–Crippen MR) is 133 cm³/mol. The van der Waals surface area contributed by atoms with Crippen LogP contribution >= 0.6 is 0 Å². The van der Waals surface area contributed by atoms with E-state index in [2.05, 4.69) is 19.8 Å². The minimum atomic E-state index is -3.44. The van der Waals surface area contributed by atoms with Crippen LogP contribution in [0.5, 0.6) is 5.75 Å². The Bertz CT molecular complexity index is 1640. The first-order chi connectivity index (χ1) is 16.8. The minimum Gasteiger partial charge on any atom is -0.495 e. The summed E-state index contributed by atoms with van der Waals surface area (Å²) in [5.74, 6) is 0.128. The molecule has 5 rings (SSSR count). The number of nitrogens with one attached hydrogen (secondary N) is 2. The van der Waals surface area contributed by atoms with Crippen molar-refractivity contribution in [3.05, 3.63) is 84.7 Å². The summed E-state index contributed by atoms with van der Waals surface area (Å²) in [7, 11) is -1.95. The zero-order valence-electron chi connectivity index (χ0n) is 19.0. The molecule has 0 saturated carbocycles. The molecule has 3 heterocycles. The van der Waals surface area contributed by atoms with Gasteiger partial charge in [0.25, 0.3) is 0 Å². The molecular weight excluding hydrogens is 469 g/mol. The Morgan fingerprint density at radius 1 is 1.09 bits per heavy atom. The quantitative estimate of drug-likeness (QED) is 0.345. The van der Waals surface area contributed by atoms with Crippen LogP contribution in [0.15, 0.2) is 73.3 Å². The fraction of sp³-hybridized carbons (Fsp3) is 0.120. The number of hydrogen-bond donors (Lipinski definition) is 2. The molecule has 35 heavy (non-hydrogen) atoms. The molecule has 0 bridgehead atoms. The van der Waals surface area contributed by atoms with Crippen LogP contribution in [0.25, 0.3) is 33.3 Å². The minimum absolute atomic E-state index is 0.276. The zero-order chi connectivity index (χ0) is 24.6. The van der Waals surface area contributed by atoms with Crippen molar-refractivity contribution in [2.24, 2.45) is 0 Å². The highest BCUT2D eigenvalue weighted by atomic mass is 32.2. The van der Waals surface area contributed by atoms with Crippen LogP contribution in [0.2, 0.25) is 0 Å². The van der Waals surface area contributed by atoms with E-state index in [1.165, 1.54) is 19.2 Å². The number of aromatic nitrogens is 4. The predicted octanol–water partition coefficient (Wildman–Crippen LogP) is 4.66. The van der Waals surface area contributed by atoms with Crippen molar-refractivity contribution in [3.8, 4) is 28.0 Å². The summed E-state index contributed by atoms with van der Waals surface area (Å²) in [6.07, 6.45) is 8.39. The molecule has 2 N–H and O–H groups in total. The number of sulfonamides is 1. The summed E-state index contributed by atoms with van der Waals surface area (Å²) < 4.78 is 46.4. The molecule has 2 aromatic carbocycles. The van der Waals surface area contributed by atoms with Gasteiger partial charge in [-0.05, 0) is 41.5 Å². The third-order valence-corrected chi connectivity index (χ3v) is 6.13. The Morgan fingerprint density at radius 2 is 1.94 bits per heavy atom. The lowest BCUT2D eigenvalue weighted by Crippen LogP contribution is -2.10. The SMILES string of the molecule is COc1cc(-c2cnc3[nH]cc(-c4cnn(Cc5cccc(F)c5)c4)c3c2)ccc1NS(C)(=O)=O. The van der Waals surface area contributed by atoms with E-state index in [0.29, 0.717) is 18.0 Å². The first kappa shape index (κ1) is 22.6. The summed E-state index contributed by atoms with van der Waals surface area (Å²) in [6.45, 7) is 0.456. The number of methoxy groups -OCH3 is 1. The number of halogens is 1. The van der Waals surface area contributed by atoms with E-state index in [9.17, 15) is 12.8 Å². The second-order valence-corrected chi connectivity index (χ2v) is 9.92. The number of nitrogens with zero attached hydrogens (tertiary/aromatic N) is 3. The molecule has 0 aliphatic carbocycles. The molecule has 0 fully saturated rings. The lowest BCUT2D eigenvalue weighted by molar-refractivity contribution is 0.417. The monoisotopic (exact) mass is 491 g/mol. The molecule has 3 aromatic heterocycles. The van der Waals surface area contributed by atoms with Crippen LogP contribution in [0, 0.1) is 5.82 Å². The molecule has 0 spiro atoms. The molecule has 0 unspecified atom stereocenters. The smallest absolute Gasteiger partial charge is 0.229 e. The Labute approximate surface area is 201 Å². The maximum atomic E-state index is 13.5. The number of anilines is 1. The normalized spacial score (nSPS) is 11.6. The molecule has 0 amide bonds. The molecule has 0 atom stereocenters. The summed E-state index contributed by atoms with van der Waals surface area (Å²) in [5.41, 5.74) is 5.41. The van der Waals surface area contributed by atoms with Gasteiger partial charge in [0.2, 0.25) is 10.0 Å². The van der Waals surface area contributed by atoms with Crippen molar-refractivity contribution in [2.75, 3.05) is 18.1 Å². The molecular formula is C25H22FN5O3S. The maximum absolute atomic E-state index is 13.5. The largest absolute Gasteiger partial charge is 0.495 e. The van der Waals surface area contributed by atoms with E-state index < -0.39 is 10.0 Å². The number of rotatable bonds is 7. The summed E-state index contributed by atoms with van der Waals surface area (Å²) >= 11 is 0. The summed E-state index contributed by atoms with van der Waals surface area (Å²) in [6, 6.07) is 13.7. The first-order valence-corrected chi connectivity index (χ1v) is 12.6. The van der Waals surface area contributed by atoms with Crippen molar-refractivity contribution in [1.29, 1.82) is 0 Å². The van der Waals surface area contributed by atoms with Crippen molar-refractivity contribution in [3.63, 3.8) is 0 Å². The van der Waals surface area contributed by atoms with Gasteiger partial charge >= 0.3 is 0 Å². The summed E-state index contributed by atoms with van der Waals surface area (Å²) in [5, 5.41) is 5.34. The molecule has 0 radical (unpaired) electrons. The van der Waals surface area contributed by atoms with E-state index in [0.717, 1.165) is 45.1 Å². The van der Waals surface area contributed by atoms with Crippen LogP contribution in [-0.2, 0) is 16.6 Å². The zero-order valence-corrected chi connectivity index (χ0v) is 19.8. The average Bonchev–Trinajstić information content (AvgIpc) is 3.44. The highest BCUT2D eigenvalue weighted by Crippen LogP contribution is 2.34. The first-order valence-electron chi connectivity index (χ1n) is 10.7. The molecule has 0 saturated heterocycles. The van der Waals surface area contributed by atoms with Crippen LogP contribution in [0.4, 0.5) is 10.1 Å². The molecule has 0 aliphatic rings. The topological polar surface area (TPSA) is 102 Å². The van der Waals surface area contributed by atoms with E-state index >= 15 is 0 Å². The standard InChI is InChI=1S/C25H22FN5O3S/c1-34-24-10-17(6-7-23(24)30-35(2,32)33)18-9-21-22(13-28-25(21)27-11-18)19-12-29-31(15-19)14-16-4-3-5-20(26)8-16/h3-13,15,30H,14H2,1-2H3,(H,27,28). The average molecular weight is 492 g/mol. The van der Waals surface area contributed by atoms with Gasteiger partial charge in [-0.15, -0.1) is 0 Å². The number of fused-ring (bicyclic) bond motifs is 1. The third-order valence-electron chi connectivity index (χ3n) is 5.54. The van der Waals surface area contributed by atoms with Crippen LogP contribution in [-0.4, -0.2) is 41.5 Å². The highest BCUT2D eigenvalue weighted by molar-refractivity contribution is 7.92. The van der Waals surface area contributed by atoms with Gasteiger partial charge < -0.3 is 9.72 Å². The second kappa shape index (κ2) is 8.88. The van der Waals surface area contributed by atoms with Gasteiger partial charge in [0, 0.05) is 40.7 Å². The van der Waals surface area contributed by atoms with Gasteiger partial charge in [-0.25, -0.2) is 17.8 Å². The summed E-state index contributed by atoms with van der Waals surface area (Å²) in [4.78, 5) is 7.74. The number of ether oxygens (including phenoxy) is 1. The van der Waals surface area contributed by atoms with Gasteiger partial charge in [0.15, 0.2) is 0 Å². The van der Waals surface area contributed by atoms with Gasteiger partial charge in [-0.1, -0.05) is 18.2 Å². The molecule has 0 aliphatic heterocycles. The van der Waals surface area contributed by atoms with Gasteiger partial charge in [-0.3, -0.25) is 9.40 Å². The van der Waals surface area contributed by atoms with Crippen molar-refractivity contribution < 1.29 is 17.5 Å². The molecule has 10 heteroatoms. The number of pyridine rings is 1.